The van der Waals surface area contributed by atoms with Crippen LogP contribution in [0.3, 0.4) is 0 Å². The number of hydrogen-bond donors (Lipinski definition) is 0. The van der Waals surface area contributed by atoms with Crippen LogP contribution in [0.15, 0.2) is 33.3 Å². The van der Waals surface area contributed by atoms with Crippen LogP contribution in [0.25, 0.3) is 11.4 Å². The maximum Gasteiger partial charge on any atom is 0.344 e. The van der Waals surface area contributed by atoms with Crippen molar-refractivity contribution in [3.05, 3.63) is 52.7 Å². The summed E-state index contributed by atoms with van der Waals surface area (Å²) < 4.78 is 15.3. The molecule has 2 aromatic heterocycles. The van der Waals surface area contributed by atoms with Gasteiger partial charge < -0.3 is 13.8 Å². The topological polar surface area (TPSA) is 91.2 Å². The third-order valence-electron chi connectivity index (χ3n) is 3.65. The van der Waals surface area contributed by atoms with E-state index in [9.17, 15) is 4.79 Å². The Morgan fingerprint density at radius 2 is 1.88 bits per heavy atom. The normalized spacial score (nSPS) is 10.8. The monoisotopic (exact) mass is 327 g/mol. The number of nitrogens with zero attached hydrogens (tertiary/aromatic N) is 3. The molecule has 0 saturated heterocycles. The fraction of sp³-hybridized carbons (Fsp3) is 0.294. The Labute approximate surface area is 138 Å². The van der Waals surface area contributed by atoms with Gasteiger partial charge in [0.15, 0.2) is 6.61 Å². The van der Waals surface area contributed by atoms with E-state index in [1.54, 1.807) is 13.8 Å². The highest BCUT2D eigenvalue weighted by atomic mass is 16.6. The Balaban J connectivity index is 1.67. The van der Waals surface area contributed by atoms with Gasteiger partial charge in [-0.3, -0.25) is 0 Å². The molecule has 0 fully saturated rings. The van der Waals surface area contributed by atoms with E-state index in [0.717, 1.165) is 12.0 Å². The first kappa shape index (κ1) is 15.9. The van der Waals surface area contributed by atoms with Crippen LogP contribution >= 0.6 is 0 Å². The summed E-state index contributed by atoms with van der Waals surface area (Å²) in [7, 11) is 0. The Hall–Kier alpha value is -2.96. The molecule has 0 radical (unpaired) electrons. The van der Waals surface area contributed by atoms with Crippen LogP contribution in [0.4, 0.5) is 0 Å². The lowest BCUT2D eigenvalue weighted by molar-refractivity contribution is 0.0427. The van der Waals surface area contributed by atoms with Crippen molar-refractivity contribution in [3.8, 4) is 11.4 Å². The highest BCUT2D eigenvalue weighted by Gasteiger charge is 2.20. The van der Waals surface area contributed by atoms with Gasteiger partial charge >= 0.3 is 5.97 Å². The van der Waals surface area contributed by atoms with Crippen LogP contribution in [0.5, 0.6) is 0 Å². The fourth-order valence-corrected chi connectivity index (χ4v) is 2.29. The quantitative estimate of drug-likeness (QED) is 0.664. The number of ether oxygens (including phenoxy) is 1. The van der Waals surface area contributed by atoms with Gasteiger partial charge in [-0.1, -0.05) is 41.5 Å². The second-order valence-electron chi connectivity index (χ2n) is 5.34. The molecule has 0 aliphatic rings. The molecule has 3 aromatic rings. The smallest absolute Gasteiger partial charge is 0.344 e. The SMILES string of the molecule is CCc1ccc(-c2noc(COC(=O)c3c(C)noc3C)n2)cc1. The summed E-state index contributed by atoms with van der Waals surface area (Å²) in [6.07, 6.45) is 0.968. The summed E-state index contributed by atoms with van der Waals surface area (Å²) in [6, 6.07) is 7.90. The highest BCUT2D eigenvalue weighted by molar-refractivity contribution is 5.91. The molecule has 0 bridgehead atoms. The zero-order chi connectivity index (χ0) is 17.1. The second kappa shape index (κ2) is 6.66. The minimum Gasteiger partial charge on any atom is -0.452 e. The Kier molecular flexibility index (Phi) is 4.41. The lowest BCUT2D eigenvalue weighted by Gasteiger charge is -2.00. The molecule has 124 valence electrons. The van der Waals surface area contributed by atoms with E-state index in [1.165, 1.54) is 5.56 Å². The summed E-state index contributed by atoms with van der Waals surface area (Å²) >= 11 is 0. The van der Waals surface area contributed by atoms with Crippen molar-refractivity contribution < 1.29 is 18.6 Å². The first-order valence-corrected chi connectivity index (χ1v) is 7.60. The van der Waals surface area contributed by atoms with Crippen molar-refractivity contribution >= 4 is 5.97 Å². The van der Waals surface area contributed by atoms with Crippen LogP contribution in [-0.2, 0) is 17.8 Å². The van der Waals surface area contributed by atoms with Crippen molar-refractivity contribution in [3.63, 3.8) is 0 Å². The van der Waals surface area contributed by atoms with Gasteiger partial charge in [-0.15, -0.1) is 0 Å². The lowest BCUT2D eigenvalue weighted by atomic mass is 10.1. The number of carbonyl (C=O) groups is 1. The first-order valence-electron chi connectivity index (χ1n) is 7.60. The second-order valence-corrected chi connectivity index (χ2v) is 5.34. The van der Waals surface area contributed by atoms with E-state index in [1.807, 2.05) is 24.3 Å². The Bertz CT molecular complexity index is 830. The van der Waals surface area contributed by atoms with E-state index in [-0.39, 0.29) is 12.5 Å². The number of aryl methyl sites for hydroxylation is 3. The summed E-state index contributed by atoms with van der Waals surface area (Å²) in [5.74, 6) is 0.573. The zero-order valence-corrected chi connectivity index (χ0v) is 13.7. The van der Waals surface area contributed by atoms with E-state index < -0.39 is 5.97 Å². The molecule has 2 heterocycles. The predicted octanol–water partition coefficient (Wildman–Crippen LogP) is 3.26. The minimum absolute atomic E-state index is 0.108. The van der Waals surface area contributed by atoms with Gasteiger partial charge in [0.25, 0.3) is 5.89 Å². The molecule has 7 heteroatoms. The largest absolute Gasteiger partial charge is 0.452 e. The maximum atomic E-state index is 12.1. The molecule has 0 atom stereocenters. The van der Waals surface area contributed by atoms with Gasteiger partial charge in [0, 0.05) is 5.56 Å². The van der Waals surface area contributed by atoms with Gasteiger partial charge in [-0.25, -0.2) is 4.79 Å². The van der Waals surface area contributed by atoms with E-state index in [4.69, 9.17) is 13.8 Å². The van der Waals surface area contributed by atoms with Crippen LogP contribution < -0.4 is 0 Å². The van der Waals surface area contributed by atoms with Crippen LogP contribution in [0.1, 0.15) is 40.2 Å². The van der Waals surface area contributed by atoms with Crippen molar-refractivity contribution in [2.24, 2.45) is 0 Å². The minimum atomic E-state index is -0.529. The van der Waals surface area contributed by atoms with Crippen molar-refractivity contribution in [2.45, 2.75) is 33.8 Å². The standard InChI is InChI=1S/C17H17N3O4/c1-4-12-5-7-13(8-6-12)16-18-14(24-20-16)9-22-17(21)15-10(2)19-23-11(15)3/h5-8H,4,9H2,1-3H3. The van der Waals surface area contributed by atoms with Gasteiger partial charge in [0.05, 0.1) is 5.69 Å². The molecule has 7 nitrogen and oxygen atoms in total. The van der Waals surface area contributed by atoms with Crippen LogP contribution in [0.2, 0.25) is 0 Å². The van der Waals surface area contributed by atoms with Crippen molar-refractivity contribution in [1.82, 2.24) is 15.3 Å². The average Bonchev–Trinajstić information content (AvgIpc) is 3.20. The zero-order valence-electron chi connectivity index (χ0n) is 13.7. The number of hydrogen-bond acceptors (Lipinski definition) is 7. The van der Waals surface area contributed by atoms with E-state index in [2.05, 4.69) is 22.2 Å². The summed E-state index contributed by atoms with van der Waals surface area (Å²) in [4.78, 5) is 16.3. The van der Waals surface area contributed by atoms with Gasteiger partial charge in [-0.05, 0) is 25.8 Å². The summed E-state index contributed by atoms with van der Waals surface area (Å²) in [5, 5.41) is 7.63. The third kappa shape index (κ3) is 3.19. The number of aromatic nitrogens is 3. The van der Waals surface area contributed by atoms with Crippen LogP contribution in [-0.4, -0.2) is 21.3 Å². The van der Waals surface area contributed by atoms with Gasteiger partial charge in [0.2, 0.25) is 5.82 Å². The van der Waals surface area contributed by atoms with Crippen molar-refractivity contribution in [2.75, 3.05) is 0 Å². The molecular weight excluding hydrogens is 310 g/mol. The maximum absolute atomic E-state index is 12.1. The number of esters is 1. The van der Waals surface area contributed by atoms with Gasteiger partial charge in [-0.2, -0.15) is 4.98 Å². The molecule has 24 heavy (non-hydrogen) atoms. The molecule has 0 spiro atoms. The first-order chi connectivity index (χ1) is 11.6. The predicted molar refractivity (Wildman–Crippen MR) is 84.2 cm³/mol. The summed E-state index contributed by atoms with van der Waals surface area (Å²) in [5.41, 5.74) is 2.89. The molecule has 0 aliphatic carbocycles. The number of carbonyl (C=O) groups excluding carboxylic acids is 1. The van der Waals surface area contributed by atoms with Gasteiger partial charge in [0.1, 0.15) is 11.3 Å². The third-order valence-corrected chi connectivity index (χ3v) is 3.65. The number of rotatable bonds is 5. The molecule has 1 aromatic carbocycles. The molecule has 0 N–H and O–H groups in total. The van der Waals surface area contributed by atoms with Crippen LogP contribution in [0, 0.1) is 13.8 Å². The van der Waals surface area contributed by atoms with E-state index >= 15 is 0 Å². The molecule has 0 unspecified atom stereocenters. The molecular formula is C17H17N3O4. The van der Waals surface area contributed by atoms with Crippen molar-refractivity contribution in [1.29, 1.82) is 0 Å². The highest BCUT2D eigenvalue weighted by Crippen LogP contribution is 2.18. The fourth-order valence-electron chi connectivity index (χ4n) is 2.29. The Morgan fingerprint density at radius 1 is 1.12 bits per heavy atom. The molecule has 0 saturated carbocycles. The molecule has 0 aliphatic heterocycles. The summed E-state index contributed by atoms with van der Waals surface area (Å²) in [6.45, 7) is 5.32. The lowest BCUT2D eigenvalue weighted by Crippen LogP contribution is -2.07. The Morgan fingerprint density at radius 3 is 2.50 bits per heavy atom. The number of benzene rings is 1. The van der Waals surface area contributed by atoms with E-state index in [0.29, 0.717) is 22.8 Å². The molecule has 0 amide bonds. The molecule has 3 rings (SSSR count). The average molecular weight is 327 g/mol.